The van der Waals surface area contributed by atoms with E-state index in [1.807, 2.05) is 71.6 Å². The van der Waals surface area contributed by atoms with Gasteiger partial charge in [0.15, 0.2) is 0 Å². The second-order valence-corrected chi connectivity index (χ2v) is 8.19. The van der Waals surface area contributed by atoms with Crippen molar-refractivity contribution in [3.05, 3.63) is 71.8 Å². The standard InChI is InChI=1S/C22H21ClN4OS/c23-18-6-8-19(9-7-18)26-12-14-27(15-13-26)22(28)16-29-21-11-10-20(24-25-21)17-4-2-1-3-5-17/h1-11H,12-16H2. The average molecular weight is 425 g/mol. The lowest BCUT2D eigenvalue weighted by Gasteiger charge is -2.36. The van der Waals surface area contributed by atoms with Crippen LogP contribution in [0.1, 0.15) is 0 Å². The molecule has 1 amide bonds. The first-order chi connectivity index (χ1) is 14.2. The number of amides is 1. The largest absolute Gasteiger partial charge is 0.368 e. The van der Waals surface area contributed by atoms with Gasteiger partial charge in [-0.05, 0) is 36.4 Å². The Balaban J connectivity index is 1.26. The van der Waals surface area contributed by atoms with Crippen LogP contribution in [0, 0.1) is 0 Å². The molecule has 4 rings (SSSR count). The molecule has 1 saturated heterocycles. The molecular weight excluding hydrogens is 404 g/mol. The van der Waals surface area contributed by atoms with E-state index in [-0.39, 0.29) is 5.91 Å². The van der Waals surface area contributed by atoms with Crippen molar-refractivity contribution in [1.82, 2.24) is 15.1 Å². The normalized spacial score (nSPS) is 14.1. The van der Waals surface area contributed by atoms with Crippen molar-refractivity contribution in [2.24, 2.45) is 0 Å². The number of rotatable bonds is 5. The van der Waals surface area contributed by atoms with Crippen LogP contribution in [0.15, 0.2) is 71.8 Å². The summed E-state index contributed by atoms with van der Waals surface area (Å²) in [5.74, 6) is 0.514. The van der Waals surface area contributed by atoms with Crippen LogP contribution in [0.25, 0.3) is 11.3 Å². The summed E-state index contributed by atoms with van der Waals surface area (Å²) >= 11 is 7.39. The summed E-state index contributed by atoms with van der Waals surface area (Å²) in [6, 6.07) is 21.6. The number of benzene rings is 2. The molecule has 1 aromatic heterocycles. The van der Waals surface area contributed by atoms with Gasteiger partial charge in [-0.1, -0.05) is 53.7 Å². The number of hydrogen-bond donors (Lipinski definition) is 0. The molecule has 1 fully saturated rings. The summed E-state index contributed by atoms with van der Waals surface area (Å²) in [6.45, 7) is 3.09. The van der Waals surface area contributed by atoms with Gasteiger partial charge in [0, 0.05) is 42.5 Å². The topological polar surface area (TPSA) is 49.3 Å². The van der Waals surface area contributed by atoms with Crippen molar-refractivity contribution in [1.29, 1.82) is 0 Å². The molecule has 3 aromatic rings. The number of thioether (sulfide) groups is 1. The van der Waals surface area contributed by atoms with Crippen molar-refractivity contribution in [2.75, 3.05) is 36.8 Å². The monoisotopic (exact) mass is 424 g/mol. The smallest absolute Gasteiger partial charge is 0.233 e. The minimum Gasteiger partial charge on any atom is -0.368 e. The molecule has 1 aliphatic rings. The average Bonchev–Trinajstić information content (AvgIpc) is 2.79. The molecule has 0 saturated carbocycles. The van der Waals surface area contributed by atoms with Crippen LogP contribution in [0.5, 0.6) is 0 Å². The summed E-state index contributed by atoms with van der Waals surface area (Å²) in [6.07, 6.45) is 0. The molecular formula is C22H21ClN4OS. The highest BCUT2D eigenvalue weighted by Crippen LogP contribution is 2.22. The lowest BCUT2D eigenvalue weighted by molar-refractivity contribution is -0.128. The fourth-order valence-corrected chi connectivity index (χ4v) is 4.10. The van der Waals surface area contributed by atoms with Crippen LogP contribution in [0.2, 0.25) is 5.02 Å². The second-order valence-electron chi connectivity index (χ2n) is 6.76. The molecule has 2 aromatic carbocycles. The van der Waals surface area contributed by atoms with Crippen LogP contribution < -0.4 is 4.90 Å². The highest BCUT2D eigenvalue weighted by atomic mass is 35.5. The molecule has 2 heterocycles. The maximum absolute atomic E-state index is 12.6. The fourth-order valence-electron chi connectivity index (χ4n) is 3.25. The summed E-state index contributed by atoms with van der Waals surface area (Å²) in [5.41, 5.74) is 3.01. The highest BCUT2D eigenvalue weighted by molar-refractivity contribution is 7.99. The van der Waals surface area contributed by atoms with E-state index in [4.69, 9.17) is 11.6 Å². The Hall–Kier alpha value is -2.57. The van der Waals surface area contributed by atoms with Gasteiger partial charge in [-0.3, -0.25) is 4.79 Å². The molecule has 1 aliphatic heterocycles. The van der Waals surface area contributed by atoms with Crippen LogP contribution in [-0.2, 0) is 4.79 Å². The number of hydrogen-bond acceptors (Lipinski definition) is 5. The minimum atomic E-state index is 0.139. The Labute approximate surface area is 179 Å². The van der Waals surface area contributed by atoms with E-state index in [2.05, 4.69) is 15.1 Å². The number of halogens is 1. The van der Waals surface area contributed by atoms with Crippen LogP contribution in [0.4, 0.5) is 5.69 Å². The summed E-state index contributed by atoms with van der Waals surface area (Å²) < 4.78 is 0. The first-order valence-electron chi connectivity index (χ1n) is 9.49. The molecule has 0 spiro atoms. The molecule has 0 N–H and O–H groups in total. The quantitative estimate of drug-likeness (QED) is 0.573. The summed E-state index contributed by atoms with van der Waals surface area (Å²) in [4.78, 5) is 16.8. The van der Waals surface area contributed by atoms with Gasteiger partial charge in [-0.15, -0.1) is 10.2 Å². The molecule has 148 valence electrons. The maximum atomic E-state index is 12.6. The van der Waals surface area contributed by atoms with Gasteiger partial charge in [-0.25, -0.2) is 0 Å². The molecule has 0 unspecified atom stereocenters. The van der Waals surface area contributed by atoms with Crippen molar-refractivity contribution in [3.8, 4) is 11.3 Å². The van der Waals surface area contributed by atoms with Gasteiger partial charge in [-0.2, -0.15) is 0 Å². The van der Waals surface area contributed by atoms with E-state index in [0.29, 0.717) is 5.75 Å². The lowest BCUT2D eigenvalue weighted by Crippen LogP contribution is -2.49. The van der Waals surface area contributed by atoms with Crippen LogP contribution in [-0.4, -0.2) is 52.9 Å². The number of nitrogens with zero attached hydrogens (tertiary/aromatic N) is 4. The zero-order chi connectivity index (χ0) is 20.1. The predicted molar refractivity (Wildman–Crippen MR) is 118 cm³/mol. The highest BCUT2D eigenvalue weighted by Gasteiger charge is 2.21. The number of carbonyl (C=O) groups is 1. The van der Waals surface area contributed by atoms with Gasteiger partial charge in [0.05, 0.1) is 11.4 Å². The Kier molecular flexibility index (Phi) is 6.32. The van der Waals surface area contributed by atoms with Gasteiger partial charge in [0.25, 0.3) is 0 Å². The third kappa shape index (κ3) is 5.08. The van der Waals surface area contributed by atoms with Crippen molar-refractivity contribution >= 4 is 35.0 Å². The first kappa shape index (κ1) is 19.7. The lowest BCUT2D eigenvalue weighted by atomic mass is 10.1. The SMILES string of the molecule is O=C(CSc1ccc(-c2ccccc2)nn1)N1CCN(c2ccc(Cl)cc2)CC1. The van der Waals surface area contributed by atoms with E-state index < -0.39 is 0 Å². The van der Waals surface area contributed by atoms with Crippen LogP contribution >= 0.6 is 23.4 Å². The zero-order valence-electron chi connectivity index (χ0n) is 15.9. The predicted octanol–water partition coefficient (Wildman–Crippen LogP) is 4.24. The second kappa shape index (κ2) is 9.29. The van der Waals surface area contributed by atoms with Gasteiger partial charge >= 0.3 is 0 Å². The van der Waals surface area contributed by atoms with Crippen molar-refractivity contribution in [2.45, 2.75) is 5.03 Å². The van der Waals surface area contributed by atoms with E-state index in [9.17, 15) is 4.79 Å². The third-order valence-electron chi connectivity index (χ3n) is 4.88. The van der Waals surface area contributed by atoms with E-state index in [0.717, 1.165) is 53.2 Å². The van der Waals surface area contributed by atoms with Crippen molar-refractivity contribution < 1.29 is 4.79 Å². The minimum absolute atomic E-state index is 0.139. The van der Waals surface area contributed by atoms with E-state index in [1.165, 1.54) is 11.8 Å². The Bertz CT molecular complexity index is 943. The third-order valence-corrected chi connectivity index (χ3v) is 6.03. The maximum Gasteiger partial charge on any atom is 0.233 e. The molecule has 0 bridgehead atoms. The van der Waals surface area contributed by atoms with E-state index >= 15 is 0 Å². The molecule has 0 aliphatic carbocycles. The summed E-state index contributed by atoms with van der Waals surface area (Å²) in [5, 5.41) is 10.0. The Morgan fingerprint density at radius 1 is 0.897 bits per heavy atom. The van der Waals surface area contributed by atoms with Gasteiger partial charge in [0.2, 0.25) is 5.91 Å². The molecule has 0 atom stereocenters. The van der Waals surface area contributed by atoms with Crippen LogP contribution in [0.3, 0.4) is 0 Å². The molecule has 5 nitrogen and oxygen atoms in total. The molecule has 0 radical (unpaired) electrons. The molecule has 29 heavy (non-hydrogen) atoms. The Morgan fingerprint density at radius 2 is 1.62 bits per heavy atom. The zero-order valence-corrected chi connectivity index (χ0v) is 17.4. The van der Waals surface area contributed by atoms with E-state index in [1.54, 1.807) is 0 Å². The fraction of sp³-hybridized carbons (Fsp3) is 0.227. The number of piperazine rings is 1. The number of carbonyl (C=O) groups excluding carboxylic acids is 1. The van der Waals surface area contributed by atoms with Gasteiger partial charge in [0.1, 0.15) is 5.03 Å². The number of anilines is 1. The summed E-state index contributed by atoms with van der Waals surface area (Å²) in [7, 11) is 0. The Morgan fingerprint density at radius 3 is 2.28 bits per heavy atom. The molecule has 7 heteroatoms. The van der Waals surface area contributed by atoms with Gasteiger partial charge < -0.3 is 9.80 Å². The first-order valence-corrected chi connectivity index (χ1v) is 10.9. The number of aromatic nitrogens is 2. The van der Waals surface area contributed by atoms with Crippen molar-refractivity contribution in [3.63, 3.8) is 0 Å².